The Balaban J connectivity index is 2.34. The molecule has 1 N–H and O–H groups in total. The average molecular weight is 224 g/mol. The molecule has 4 heteroatoms. The summed E-state index contributed by atoms with van der Waals surface area (Å²) in [5.41, 5.74) is 1.06. The van der Waals surface area contributed by atoms with Gasteiger partial charge in [-0.05, 0) is 18.1 Å². The zero-order chi connectivity index (χ0) is 11.5. The molecule has 0 fully saturated rings. The monoisotopic (exact) mass is 224 g/mol. The fourth-order valence-electron chi connectivity index (χ4n) is 1.89. The number of benzene rings is 1. The highest BCUT2D eigenvalue weighted by Gasteiger charge is 2.21. The first-order valence-corrected chi connectivity index (χ1v) is 5.27. The van der Waals surface area contributed by atoms with Gasteiger partial charge in [0.2, 0.25) is 0 Å². The minimum atomic E-state index is 0.147. The summed E-state index contributed by atoms with van der Waals surface area (Å²) in [6.45, 7) is 0.701. The van der Waals surface area contributed by atoms with Gasteiger partial charge in [0.05, 0.1) is 20.8 Å². The predicted octanol–water partition coefficient (Wildman–Crippen LogP) is 1.25. The molecular weight excluding hydrogens is 208 g/mol. The number of rotatable bonds is 3. The van der Waals surface area contributed by atoms with Crippen molar-refractivity contribution in [1.82, 2.24) is 0 Å². The van der Waals surface area contributed by atoms with Crippen LogP contribution in [-0.4, -0.2) is 32.5 Å². The van der Waals surface area contributed by atoms with Crippen LogP contribution in [0.4, 0.5) is 0 Å². The Bertz CT molecular complexity index is 376. The first kappa shape index (κ1) is 11.1. The van der Waals surface area contributed by atoms with E-state index in [0.717, 1.165) is 17.7 Å². The molecule has 1 atom stereocenters. The van der Waals surface area contributed by atoms with E-state index in [1.807, 2.05) is 12.1 Å². The summed E-state index contributed by atoms with van der Waals surface area (Å²) in [6.07, 6.45) is 0.812. The van der Waals surface area contributed by atoms with Gasteiger partial charge in [0.1, 0.15) is 5.75 Å². The summed E-state index contributed by atoms with van der Waals surface area (Å²) < 4.78 is 16.0. The summed E-state index contributed by atoms with van der Waals surface area (Å²) >= 11 is 0. The molecule has 0 aliphatic carbocycles. The zero-order valence-corrected chi connectivity index (χ0v) is 9.53. The Morgan fingerprint density at radius 1 is 1.31 bits per heavy atom. The second kappa shape index (κ2) is 4.61. The van der Waals surface area contributed by atoms with Crippen molar-refractivity contribution in [3.05, 3.63) is 17.7 Å². The second-order valence-electron chi connectivity index (χ2n) is 3.88. The van der Waals surface area contributed by atoms with E-state index < -0.39 is 0 Å². The first-order chi connectivity index (χ1) is 7.78. The number of hydrogen-bond donors (Lipinski definition) is 1. The lowest BCUT2D eigenvalue weighted by molar-refractivity contribution is 0.146. The van der Waals surface area contributed by atoms with E-state index in [2.05, 4.69) is 0 Å². The van der Waals surface area contributed by atoms with Crippen LogP contribution in [0.25, 0.3) is 0 Å². The first-order valence-electron chi connectivity index (χ1n) is 5.27. The molecule has 0 bridgehead atoms. The maximum atomic E-state index is 9.11. The molecule has 1 aliphatic rings. The van der Waals surface area contributed by atoms with Crippen molar-refractivity contribution in [2.24, 2.45) is 5.92 Å². The highest BCUT2D eigenvalue weighted by Crippen LogP contribution is 2.37. The fraction of sp³-hybridized carbons (Fsp3) is 0.500. The smallest absolute Gasteiger partial charge is 0.164 e. The summed E-state index contributed by atoms with van der Waals surface area (Å²) in [5, 5.41) is 9.11. The Morgan fingerprint density at radius 3 is 2.62 bits per heavy atom. The molecule has 0 saturated heterocycles. The SMILES string of the molecule is COc1cc2c(cc1OC)OC[C@H](CO)C2. The molecule has 0 aromatic heterocycles. The molecule has 0 unspecified atom stereocenters. The van der Waals surface area contributed by atoms with E-state index in [1.165, 1.54) is 0 Å². The van der Waals surface area contributed by atoms with Crippen molar-refractivity contribution in [2.45, 2.75) is 6.42 Å². The zero-order valence-electron chi connectivity index (χ0n) is 9.53. The molecule has 1 aromatic carbocycles. The number of ether oxygens (including phenoxy) is 3. The van der Waals surface area contributed by atoms with Crippen molar-refractivity contribution >= 4 is 0 Å². The molecule has 0 spiro atoms. The van der Waals surface area contributed by atoms with Crippen LogP contribution in [0.15, 0.2) is 12.1 Å². The van der Waals surface area contributed by atoms with Gasteiger partial charge in [-0.25, -0.2) is 0 Å². The topological polar surface area (TPSA) is 47.9 Å². The predicted molar refractivity (Wildman–Crippen MR) is 59.3 cm³/mol. The minimum Gasteiger partial charge on any atom is -0.493 e. The summed E-state index contributed by atoms with van der Waals surface area (Å²) in [7, 11) is 3.21. The van der Waals surface area contributed by atoms with Gasteiger partial charge < -0.3 is 19.3 Å². The highest BCUT2D eigenvalue weighted by molar-refractivity contribution is 5.51. The van der Waals surface area contributed by atoms with Crippen LogP contribution in [0.2, 0.25) is 0 Å². The normalized spacial score (nSPS) is 18.6. The number of aliphatic hydroxyl groups is 1. The van der Waals surface area contributed by atoms with Crippen molar-refractivity contribution in [2.75, 3.05) is 27.4 Å². The van der Waals surface area contributed by atoms with Gasteiger partial charge in [0.15, 0.2) is 11.5 Å². The van der Waals surface area contributed by atoms with Crippen LogP contribution in [0.5, 0.6) is 17.2 Å². The van der Waals surface area contributed by atoms with Crippen LogP contribution < -0.4 is 14.2 Å². The van der Waals surface area contributed by atoms with Crippen molar-refractivity contribution in [1.29, 1.82) is 0 Å². The van der Waals surface area contributed by atoms with Crippen molar-refractivity contribution < 1.29 is 19.3 Å². The van der Waals surface area contributed by atoms with E-state index in [9.17, 15) is 0 Å². The molecule has 16 heavy (non-hydrogen) atoms. The Kier molecular flexibility index (Phi) is 3.19. The molecule has 4 nitrogen and oxygen atoms in total. The van der Waals surface area contributed by atoms with E-state index >= 15 is 0 Å². The van der Waals surface area contributed by atoms with Gasteiger partial charge in [-0.1, -0.05) is 0 Å². The molecule has 1 heterocycles. The maximum Gasteiger partial charge on any atom is 0.164 e. The van der Waals surface area contributed by atoms with Gasteiger partial charge >= 0.3 is 0 Å². The largest absolute Gasteiger partial charge is 0.493 e. The number of methoxy groups -OCH3 is 2. The number of fused-ring (bicyclic) bond motifs is 1. The molecule has 88 valence electrons. The number of aliphatic hydroxyl groups excluding tert-OH is 1. The number of hydrogen-bond acceptors (Lipinski definition) is 4. The van der Waals surface area contributed by atoms with E-state index in [4.69, 9.17) is 19.3 Å². The molecule has 0 radical (unpaired) electrons. The van der Waals surface area contributed by atoms with Crippen LogP contribution >= 0.6 is 0 Å². The lowest BCUT2D eigenvalue weighted by Gasteiger charge is -2.25. The molecule has 1 aliphatic heterocycles. The highest BCUT2D eigenvalue weighted by atomic mass is 16.5. The Labute approximate surface area is 94.8 Å². The second-order valence-corrected chi connectivity index (χ2v) is 3.88. The van der Waals surface area contributed by atoms with Gasteiger partial charge in [-0.3, -0.25) is 0 Å². The Morgan fingerprint density at radius 2 is 2.00 bits per heavy atom. The molecular formula is C12H16O4. The lowest BCUT2D eigenvalue weighted by atomic mass is 9.97. The summed E-state index contributed by atoms with van der Waals surface area (Å²) in [5.74, 6) is 2.36. The van der Waals surface area contributed by atoms with E-state index in [1.54, 1.807) is 14.2 Å². The van der Waals surface area contributed by atoms with Crippen molar-refractivity contribution in [3.63, 3.8) is 0 Å². The molecule has 1 aromatic rings. The standard InChI is InChI=1S/C12H16O4/c1-14-11-4-9-3-8(6-13)7-16-10(9)5-12(11)15-2/h4-5,8,13H,3,6-7H2,1-2H3/t8-/m0/s1. The van der Waals surface area contributed by atoms with Crippen LogP contribution in [0, 0.1) is 5.92 Å². The third kappa shape index (κ3) is 1.93. The average Bonchev–Trinajstić information content (AvgIpc) is 2.36. The van der Waals surface area contributed by atoms with E-state index in [0.29, 0.717) is 18.1 Å². The fourth-order valence-corrected chi connectivity index (χ4v) is 1.89. The Hall–Kier alpha value is -1.42. The van der Waals surface area contributed by atoms with Crippen molar-refractivity contribution in [3.8, 4) is 17.2 Å². The third-order valence-electron chi connectivity index (χ3n) is 2.81. The lowest BCUT2D eigenvalue weighted by Crippen LogP contribution is -2.23. The quantitative estimate of drug-likeness (QED) is 0.839. The molecule has 0 amide bonds. The van der Waals surface area contributed by atoms with Gasteiger partial charge in [0, 0.05) is 18.6 Å². The van der Waals surface area contributed by atoms with Gasteiger partial charge in [-0.15, -0.1) is 0 Å². The van der Waals surface area contributed by atoms with Crippen LogP contribution in [0.1, 0.15) is 5.56 Å². The van der Waals surface area contributed by atoms with Gasteiger partial charge in [0.25, 0.3) is 0 Å². The molecule has 0 saturated carbocycles. The van der Waals surface area contributed by atoms with Gasteiger partial charge in [-0.2, -0.15) is 0 Å². The van der Waals surface area contributed by atoms with Crippen LogP contribution in [-0.2, 0) is 6.42 Å². The summed E-state index contributed by atoms with van der Waals surface area (Å²) in [6, 6.07) is 3.75. The molecule has 2 rings (SSSR count). The minimum absolute atomic E-state index is 0.147. The maximum absolute atomic E-state index is 9.11. The summed E-state index contributed by atoms with van der Waals surface area (Å²) in [4.78, 5) is 0. The van der Waals surface area contributed by atoms with Crippen LogP contribution in [0.3, 0.4) is 0 Å². The third-order valence-corrected chi connectivity index (χ3v) is 2.81. The van der Waals surface area contributed by atoms with E-state index in [-0.39, 0.29) is 12.5 Å².